The molecule has 23 heteroatoms. The molecule has 7 atom stereocenters. The number of nitrogens with two attached hydrogens (primary N) is 2. The number of ether oxygens (including phenoxy) is 2. The Balaban J connectivity index is 1.27. The highest BCUT2D eigenvalue weighted by Gasteiger charge is 2.44. The molecule has 3 aromatic heterocycles. The van der Waals surface area contributed by atoms with Crippen molar-refractivity contribution in [3.63, 3.8) is 0 Å². The van der Waals surface area contributed by atoms with Gasteiger partial charge in [-0.2, -0.15) is 9.97 Å². The van der Waals surface area contributed by atoms with Crippen LogP contribution in [0.4, 0.5) is 11.8 Å². The molecule has 2 aliphatic rings. The smallest absolute Gasteiger partial charge is 0.390 e. The molecule has 5 heterocycles. The number of rotatable bonds is 10. The summed E-state index contributed by atoms with van der Waals surface area (Å²) in [5, 5.41) is 10.4. The Hall–Kier alpha value is -3.07. The summed E-state index contributed by atoms with van der Waals surface area (Å²) < 4.78 is 52.7. The molecule has 0 aromatic carbocycles. The van der Waals surface area contributed by atoms with Crippen LogP contribution >= 0.6 is 15.6 Å². The SMILES string of the molecule is Nc1ccn(C2CC(O)C(COP(=O)(O)OC3CC(n4cnc5c(=O)[nH]c(N)nc54)OC3COP(=O)(O)O)O2)c(=O)n1. The molecule has 2 fully saturated rings. The van der Waals surface area contributed by atoms with E-state index in [-0.39, 0.29) is 35.8 Å². The van der Waals surface area contributed by atoms with E-state index < -0.39 is 77.0 Å². The predicted octanol–water partition coefficient (Wildman–Crippen LogP) is -1.91. The van der Waals surface area contributed by atoms with Gasteiger partial charge in [0.1, 0.15) is 36.6 Å². The molecule has 0 bridgehead atoms. The molecule has 3 aromatic rings. The zero-order valence-electron chi connectivity index (χ0n) is 21.3. The highest BCUT2D eigenvalue weighted by Crippen LogP contribution is 2.50. The molecule has 0 aliphatic carbocycles. The fourth-order valence-electron chi connectivity index (χ4n) is 4.51. The van der Waals surface area contributed by atoms with Crippen LogP contribution in [0.15, 0.2) is 28.2 Å². The van der Waals surface area contributed by atoms with Crippen LogP contribution in [0.1, 0.15) is 25.3 Å². The van der Waals surface area contributed by atoms with E-state index in [1.54, 1.807) is 0 Å². The summed E-state index contributed by atoms with van der Waals surface area (Å²) in [6.45, 7) is -1.40. The monoisotopic (exact) mass is 636 g/mol. The van der Waals surface area contributed by atoms with E-state index in [1.165, 1.54) is 23.2 Å². The maximum atomic E-state index is 12.9. The van der Waals surface area contributed by atoms with Crippen molar-refractivity contribution in [2.24, 2.45) is 0 Å². The van der Waals surface area contributed by atoms with Crippen LogP contribution in [0, 0.1) is 0 Å². The van der Waals surface area contributed by atoms with Crippen LogP contribution in [0.3, 0.4) is 0 Å². The molecule has 0 spiro atoms. The first-order valence-electron chi connectivity index (χ1n) is 12.1. The largest absolute Gasteiger partial charge is 0.472 e. The summed E-state index contributed by atoms with van der Waals surface area (Å²) in [4.78, 5) is 66.8. The number of phosphoric acid groups is 2. The van der Waals surface area contributed by atoms with Gasteiger partial charge in [-0.1, -0.05) is 0 Å². The molecule has 0 saturated carbocycles. The highest BCUT2D eigenvalue weighted by atomic mass is 31.2. The van der Waals surface area contributed by atoms with E-state index in [4.69, 9.17) is 39.8 Å². The molecule has 0 radical (unpaired) electrons. The minimum absolute atomic E-state index is 0.00838. The molecule has 9 N–H and O–H groups in total. The molecule has 2 aliphatic heterocycles. The number of aromatic nitrogens is 6. The van der Waals surface area contributed by atoms with Crippen LogP contribution < -0.4 is 22.7 Å². The van der Waals surface area contributed by atoms with Crippen molar-refractivity contribution in [3.05, 3.63) is 39.4 Å². The number of fused-ring (bicyclic) bond motifs is 1. The van der Waals surface area contributed by atoms with Crippen molar-refractivity contribution in [3.8, 4) is 0 Å². The quantitative estimate of drug-likeness (QED) is 0.119. The van der Waals surface area contributed by atoms with Gasteiger partial charge in [-0.15, -0.1) is 0 Å². The maximum absolute atomic E-state index is 12.9. The summed E-state index contributed by atoms with van der Waals surface area (Å²) in [5.74, 6) is -0.225. The number of H-pyrrole nitrogens is 1. The van der Waals surface area contributed by atoms with Gasteiger partial charge in [0, 0.05) is 19.0 Å². The lowest BCUT2D eigenvalue weighted by molar-refractivity contribution is -0.0562. The lowest BCUT2D eigenvalue weighted by atomic mass is 10.2. The minimum Gasteiger partial charge on any atom is -0.390 e. The van der Waals surface area contributed by atoms with Crippen LogP contribution in [-0.4, -0.2) is 86.5 Å². The first kappa shape index (κ1) is 30.4. The summed E-state index contributed by atoms with van der Waals surface area (Å²) >= 11 is 0. The third kappa shape index (κ3) is 6.77. The van der Waals surface area contributed by atoms with Gasteiger partial charge in [-0.25, -0.2) is 18.9 Å². The fourth-order valence-corrected chi connectivity index (χ4v) is 5.81. The molecule has 230 valence electrons. The molecule has 2 saturated heterocycles. The number of nitrogens with zero attached hydrogens (tertiary/aromatic N) is 5. The van der Waals surface area contributed by atoms with Crippen LogP contribution in [0.2, 0.25) is 0 Å². The molecule has 7 unspecified atom stereocenters. The van der Waals surface area contributed by atoms with Crippen molar-refractivity contribution in [2.45, 2.75) is 49.7 Å². The number of hydrogen-bond donors (Lipinski definition) is 7. The number of aromatic amines is 1. The van der Waals surface area contributed by atoms with Crippen LogP contribution in [-0.2, 0) is 32.2 Å². The summed E-state index contributed by atoms with van der Waals surface area (Å²) in [6, 6.07) is 1.36. The zero-order valence-corrected chi connectivity index (χ0v) is 23.1. The van der Waals surface area contributed by atoms with E-state index in [0.717, 1.165) is 4.57 Å². The second-order valence-electron chi connectivity index (χ2n) is 9.31. The van der Waals surface area contributed by atoms with Gasteiger partial charge in [0.25, 0.3) is 5.56 Å². The third-order valence-corrected chi connectivity index (χ3v) is 7.88. The lowest BCUT2D eigenvalue weighted by Gasteiger charge is -2.22. The molecule has 0 amide bonds. The van der Waals surface area contributed by atoms with E-state index in [9.17, 15) is 28.7 Å². The van der Waals surface area contributed by atoms with Crippen molar-refractivity contribution in [1.82, 2.24) is 29.1 Å². The van der Waals surface area contributed by atoms with Crippen LogP contribution in [0.5, 0.6) is 0 Å². The van der Waals surface area contributed by atoms with Gasteiger partial charge < -0.3 is 40.7 Å². The number of hydrogen-bond acceptors (Lipinski definition) is 15. The number of phosphoric ester groups is 2. The lowest BCUT2D eigenvalue weighted by Crippen LogP contribution is -2.30. The number of nitrogens with one attached hydrogen (secondary N) is 1. The average Bonchev–Trinajstić information content (AvgIpc) is 3.57. The van der Waals surface area contributed by atoms with Crippen molar-refractivity contribution in [2.75, 3.05) is 24.7 Å². The number of anilines is 2. The Morgan fingerprint density at radius 1 is 1.02 bits per heavy atom. The third-order valence-electron chi connectivity index (χ3n) is 6.38. The normalized spacial score (nSPS) is 27.9. The minimum atomic E-state index is -4.97. The molecule has 5 rings (SSSR count). The highest BCUT2D eigenvalue weighted by molar-refractivity contribution is 7.47. The molecule has 42 heavy (non-hydrogen) atoms. The number of imidazole rings is 1. The van der Waals surface area contributed by atoms with Gasteiger partial charge >= 0.3 is 21.3 Å². The van der Waals surface area contributed by atoms with E-state index in [0.29, 0.717) is 0 Å². The van der Waals surface area contributed by atoms with Crippen molar-refractivity contribution in [1.29, 1.82) is 0 Å². The van der Waals surface area contributed by atoms with E-state index in [1.807, 2.05) is 0 Å². The van der Waals surface area contributed by atoms with E-state index >= 15 is 0 Å². The zero-order chi connectivity index (χ0) is 30.4. The maximum Gasteiger partial charge on any atom is 0.472 e. The van der Waals surface area contributed by atoms with Gasteiger partial charge in [-0.3, -0.25) is 32.5 Å². The van der Waals surface area contributed by atoms with Crippen LogP contribution in [0.25, 0.3) is 11.2 Å². The summed E-state index contributed by atoms with van der Waals surface area (Å²) in [5.41, 5.74) is 9.67. The average molecular weight is 636 g/mol. The fraction of sp³-hybridized carbons (Fsp3) is 0.526. The number of aliphatic hydroxyl groups excluding tert-OH is 1. The summed E-state index contributed by atoms with van der Waals surface area (Å²) in [7, 11) is -9.90. The molecule has 21 nitrogen and oxygen atoms in total. The second-order valence-corrected chi connectivity index (χ2v) is 12.0. The predicted molar refractivity (Wildman–Crippen MR) is 137 cm³/mol. The van der Waals surface area contributed by atoms with Gasteiger partial charge in [0.05, 0.1) is 25.6 Å². The molecular weight excluding hydrogens is 610 g/mol. The van der Waals surface area contributed by atoms with Gasteiger partial charge in [0.15, 0.2) is 11.2 Å². The first-order chi connectivity index (χ1) is 19.7. The Morgan fingerprint density at radius 2 is 1.71 bits per heavy atom. The Kier molecular flexibility index (Phi) is 8.36. The second kappa shape index (κ2) is 11.5. The van der Waals surface area contributed by atoms with Gasteiger partial charge in [0.2, 0.25) is 5.95 Å². The molecular formula is C19H26N8O13P2. The topological polar surface area (TPSA) is 312 Å². The van der Waals surface area contributed by atoms with Gasteiger partial charge in [-0.05, 0) is 6.07 Å². The number of nitrogen functional groups attached to an aromatic ring is 2. The van der Waals surface area contributed by atoms with Crippen molar-refractivity contribution < 1.29 is 52.0 Å². The van der Waals surface area contributed by atoms with E-state index in [2.05, 4.69) is 24.5 Å². The number of aliphatic hydroxyl groups is 1. The van der Waals surface area contributed by atoms with Crippen molar-refractivity contribution >= 4 is 38.6 Å². The standard InChI is InChI=1S/C19H26N8O13P2/c20-12-1-2-26(19(30)23-12)13-3-8(28)10(38-13)5-37-42(34,35)40-9-4-14(39-11(9)6-36-41(31,32)33)27-7-22-15-16(27)24-18(21)25-17(15)29/h1-2,7-11,13-14,28H,3-6H2,(H,34,35)(H2,20,23,30)(H2,31,32,33)(H3,21,24,25,29). The Morgan fingerprint density at radius 3 is 2.43 bits per heavy atom. The Labute approximate surface area is 233 Å². The first-order valence-corrected chi connectivity index (χ1v) is 15.1. The summed E-state index contributed by atoms with van der Waals surface area (Å²) in [6.07, 6.45) is -4.73. The Bertz CT molecular complexity index is 1670.